The lowest BCUT2D eigenvalue weighted by molar-refractivity contribution is 0.542. The van der Waals surface area contributed by atoms with Gasteiger partial charge in [-0.3, -0.25) is 4.68 Å². The predicted octanol–water partition coefficient (Wildman–Crippen LogP) is 3.36. The summed E-state index contributed by atoms with van der Waals surface area (Å²) in [5.74, 6) is 0. The van der Waals surface area contributed by atoms with Gasteiger partial charge in [-0.15, -0.1) is 0 Å². The van der Waals surface area contributed by atoms with E-state index in [9.17, 15) is 0 Å². The maximum atomic E-state index is 4.35. The van der Waals surface area contributed by atoms with Crippen molar-refractivity contribution in [3.8, 4) is 0 Å². The fourth-order valence-corrected chi connectivity index (χ4v) is 2.37. The van der Waals surface area contributed by atoms with Gasteiger partial charge in [0, 0.05) is 17.2 Å². The summed E-state index contributed by atoms with van der Waals surface area (Å²) in [6.07, 6.45) is 1.86. The molecule has 2 rings (SSSR count). The van der Waals surface area contributed by atoms with Crippen molar-refractivity contribution in [2.75, 3.05) is 6.54 Å². The molecule has 96 valence electrons. The van der Waals surface area contributed by atoms with Crippen molar-refractivity contribution in [2.24, 2.45) is 0 Å². The van der Waals surface area contributed by atoms with Crippen LogP contribution in [0.1, 0.15) is 31.1 Å². The van der Waals surface area contributed by atoms with Crippen molar-refractivity contribution in [2.45, 2.75) is 26.4 Å². The molecule has 0 radical (unpaired) electrons. The minimum atomic E-state index is 0.200. The van der Waals surface area contributed by atoms with Gasteiger partial charge in [0.15, 0.2) is 0 Å². The Bertz CT molecular complexity index is 490. The van der Waals surface area contributed by atoms with Gasteiger partial charge < -0.3 is 5.32 Å². The number of nitrogens with one attached hydrogen (secondary N) is 1. The Morgan fingerprint density at radius 2 is 1.94 bits per heavy atom. The topological polar surface area (TPSA) is 29.9 Å². The molecule has 0 aliphatic carbocycles. The van der Waals surface area contributed by atoms with E-state index in [-0.39, 0.29) is 6.04 Å². The van der Waals surface area contributed by atoms with Crippen LogP contribution in [0.2, 0.25) is 0 Å². The summed E-state index contributed by atoms with van der Waals surface area (Å²) in [5.41, 5.74) is 2.47. The lowest BCUT2D eigenvalue weighted by Gasteiger charge is -2.19. The molecule has 0 spiro atoms. The van der Waals surface area contributed by atoms with E-state index in [1.807, 2.05) is 10.9 Å². The van der Waals surface area contributed by atoms with E-state index < -0.39 is 0 Å². The smallest absolute Gasteiger partial charge is 0.0748 e. The van der Waals surface area contributed by atoms with E-state index >= 15 is 0 Å². The molecular formula is C14H18BrN3. The van der Waals surface area contributed by atoms with Gasteiger partial charge in [-0.2, -0.15) is 5.10 Å². The van der Waals surface area contributed by atoms with E-state index in [2.05, 4.69) is 70.5 Å². The molecule has 0 fully saturated rings. The lowest BCUT2D eigenvalue weighted by atomic mass is 10.0. The lowest BCUT2D eigenvalue weighted by Crippen LogP contribution is -2.24. The van der Waals surface area contributed by atoms with Crippen LogP contribution in [0.25, 0.3) is 0 Å². The first-order valence-electron chi connectivity index (χ1n) is 6.26. The number of hydrogen-bond acceptors (Lipinski definition) is 2. The van der Waals surface area contributed by atoms with Crippen molar-refractivity contribution in [1.29, 1.82) is 0 Å². The average Bonchev–Trinajstić information content (AvgIpc) is 2.85. The summed E-state index contributed by atoms with van der Waals surface area (Å²) in [5, 5.41) is 7.87. The van der Waals surface area contributed by atoms with E-state index in [1.165, 1.54) is 11.3 Å². The Morgan fingerprint density at radius 3 is 2.56 bits per heavy atom. The second-order valence-corrected chi connectivity index (χ2v) is 5.03. The highest BCUT2D eigenvalue weighted by atomic mass is 79.9. The minimum Gasteiger partial charge on any atom is -0.305 e. The third kappa shape index (κ3) is 2.82. The standard InChI is InChI=1S/C14H18BrN3/c1-3-16-14(11-5-7-12(15)8-6-11)13-9-10-17-18(13)4-2/h5-10,14,16H,3-4H2,1-2H3. The number of halogens is 1. The Morgan fingerprint density at radius 1 is 1.22 bits per heavy atom. The average molecular weight is 308 g/mol. The molecular weight excluding hydrogens is 290 g/mol. The molecule has 4 heteroatoms. The van der Waals surface area contributed by atoms with Crippen molar-refractivity contribution >= 4 is 15.9 Å². The van der Waals surface area contributed by atoms with Crippen molar-refractivity contribution in [1.82, 2.24) is 15.1 Å². The summed E-state index contributed by atoms with van der Waals surface area (Å²) < 4.78 is 3.14. The predicted molar refractivity (Wildman–Crippen MR) is 77.6 cm³/mol. The SMILES string of the molecule is CCNC(c1ccc(Br)cc1)c1ccnn1CC. The van der Waals surface area contributed by atoms with Crippen molar-refractivity contribution in [3.63, 3.8) is 0 Å². The van der Waals surface area contributed by atoms with Gasteiger partial charge >= 0.3 is 0 Å². The van der Waals surface area contributed by atoms with Crippen LogP contribution in [0.4, 0.5) is 0 Å². The van der Waals surface area contributed by atoms with Gasteiger partial charge in [-0.25, -0.2) is 0 Å². The van der Waals surface area contributed by atoms with E-state index in [4.69, 9.17) is 0 Å². The molecule has 1 unspecified atom stereocenters. The van der Waals surface area contributed by atoms with Crippen molar-refractivity contribution < 1.29 is 0 Å². The Balaban J connectivity index is 2.36. The fraction of sp³-hybridized carbons (Fsp3) is 0.357. The fourth-order valence-electron chi connectivity index (χ4n) is 2.10. The first-order valence-corrected chi connectivity index (χ1v) is 7.06. The number of aryl methyl sites for hydroxylation is 1. The summed E-state index contributed by atoms with van der Waals surface area (Å²) >= 11 is 3.47. The normalized spacial score (nSPS) is 12.6. The van der Waals surface area contributed by atoms with Gasteiger partial charge in [0.05, 0.1) is 11.7 Å². The van der Waals surface area contributed by atoms with E-state index in [1.54, 1.807) is 0 Å². The molecule has 0 saturated heterocycles. The van der Waals surface area contributed by atoms with Crippen LogP contribution in [0.15, 0.2) is 41.0 Å². The van der Waals surface area contributed by atoms with Crippen LogP contribution in [-0.2, 0) is 6.54 Å². The van der Waals surface area contributed by atoms with Gasteiger partial charge in [0.1, 0.15) is 0 Å². The molecule has 1 N–H and O–H groups in total. The highest BCUT2D eigenvalue weighted by molar-refractivity contribution is 9.10. The summed E-state index contributed by atoms with van der Waals surface area (Å²) in [6, 6.07) is 10.7. The molecule has 18 heavy (non-hydrogen) atoms. The Kier molecular flexibility index (Phi) is 4.55. The van der Waals surface area contributed by atoms with Gasteiger partial charge in [0.2, 0.25) is 0 Å². The zero-order valence-electron chi connectivity index (χ0n) is 10.7. The molecule has 3 nitrogen and oxygen atoms in total. The monoisotopic (exact) mass is 307 g/mol. The Hall–Kier alpha value is -1.13. The largest absolute Gasteiger partial charge is 0.305 e. The number of benzene rings is 1. The molecule has 1 atom stereocenters. The van der Waals surface area contributed by atoms with Gasteiger partial charge in [-0.05, 0) is 37.2 Å². The van der Waals surface area contributed by atoms with E-state index in [0.717, 1.165) is 17.6 Å². The first kappa shape index (κ1) is 13.3. The molecule has 1 aromatic carbocycles. The van der Waals surface area contributed by atoms with Crippen LogP contribution < -0.4 is 5.32 Å². The molecule has 0 aliphatic heterocycles. The molecule has 0 aliphatic rings. The van der Waals surface area contributed by atoms with Crippen LogP contribution in [0.3, 0.4) is 0 Å². The highest BCUT2D eigenvalue weighted by Crippen LogP contribution is 2.23. The van der Waals surface area contributed by atoms with E-state index in [0.29, 0.717) is 0 Å². The highest BCUT2D eigenvalue weighted by Gasteiger charge is 2.16. The molecule has 0 saturated carbocycles. The minimum absolute atomic E-state index is 0.200. The molecule has 1 heterocycles. The number of rotatable bonds is 5. The molecule has 0 bridgehead atoms. The van der Waals surface area contributed by atoms with Crippen LogP contribution in [0.5, 0.6) is 0 Å². The maximum absolute atomic E-state index is 4.35. The molecule has 2 aromatic rings. The number of aromatic nitrogens is 2. The second kappa shape index (κ2) is 6.16. The zero-order chi connectivity index (χ0) is 13.0. The first-order chi connectivity index (χ1) is 8.76. The van der Waals surface area contributed by atoms with Crippen LogP contribution in [-0.4, -0.2) is 16.3 Å². The summed E-state index contributed by atoms with van der Waals surface area (Å²) in [4.78, 5) is 0. The number of nitrogens with zero attached hydrogens (tertiary/aromatic N) is 2. The van der Waals surface area contributed by atoms with Crippen molar-refractivity contribution in [3.05, 3.63) is 52.3 Å². The van der Waals surface area contributed by atoms with Crippen LogP contribution >= 0.6 is 15.9 Å². The Labute approximate surface area is 116 Å². The zero-order valence-corrected chi connectivity index (χ0v) is 12.3. The second-order valence-electron chi connectivity index (χ2n) is 4.11. The summed E-state index contributed by atoms with van der Waals surface area (Å²) in [7, 11) is 0. The number of hydrogen-bond donors (Lipinski definition) is 1. The molecule has 0 amide bonds. The quantitative estimate of drug-likeness (QED) is 0.918. The van der Waals surface area contributed by atoms with Gasteiger partial charge in [-0.1, -0.05) is 35.0 Å². The third-order valence-electron chi connectivity index (χ3n) is 2.96. The maximum Gasteiger partial charge on any atom is 0.0748 e. The third-order valence-corrected chi connectivity index (χ3v) is 3.48. The van der Waals surface area contributed by atoms with Gasteiger partial charge in [0.25, 0.3) is 0 Å². The van der Waals surface area contributed by atoms with Crippen LogP contribution in [0, 0.1) is 0 Å². The molecule has 1 aromatic heterocycles. The summed E-state index contributed by atoms with van der Waals surface area (Å²) in [6.45, 7) is 6.05.